The molecule has 0 aliphatic carbocycles. The lowest BCUT2D eigenvalue weighted by atomic mass is 9.92. The smallest absolute Gasteiger partial charge is 0.263 e. The lowest BCUT2D eigenvalue weighted by Gasteiger charge is -2.42. The van der Waals surface area contributed by atoms with Crippen molar-refractivity contribution < 1.29 is 13.5 Å². The predicted octanol–water partition coefficient (Wildman–Crippen LogP) is 2.14. The molecule has 2 aliphatic heterocycles. The van der Waals surface area contributed by atoms with Gasteiger partial charge in [0.2, 0.25) is 0 Å². The predicted molar refractivity (Wildman–Crippen MR) is 54.1 cm³/mol. The van der Waals surface area contributed by atoms with Crippen LogP contribution in [-0.4, -0.2) is 43.2 Å². The van der Waals surface area contributed by atoms with Crippen molar-refractivity contribution in [3.8, 4) is 0 Å². The summed E-state index contributed by atoms with van der Waals surface area (Å²) in [5.41, 5.74) is 0. The molecule has 2 fully saturated rings. The van der Waals surface area contributed by atoms with Crippen molar-refractivity contribution in [1.82, 2.24) is 4.90 Å². The molecule has 0 saturated carbocycles. The van der Waals surface area contributed by atoms with Gasteiger partial charge in [-0.3, -0.25) is 4.90 Å². The van der Waals surface area contributed by atoms with Gasteiger partial charge in [-0.25, -0.2) is 8.78 Å². The Balaban J connectivity index is 1.93. The molecule has 0 amide bonds. The summed E-state index contributed by atoms with van der Waals surface area (Å²) in [4.78, 5) is 1.96. The minimum absolute atomic E-state index is 0.0567. The number of rotatable bonds is 1. The van der Waals surface area contributed by atoms with E-state index in [0.29, 0.717) is 12.5 Å². The summed E-state index contributed by atoms with van der Waals surface area (Å²) < 4.78 is 32.3. The van der Waals surface area contributed by atoms with Gasteiger partial charge >= 0.3 is 0 Å². The van der Waals surface area contributed by atoms with Crippen LogP contribution >= 0.6 is 0 Å². The highest BCUT2D eigenvalue weighted by Gasteiger charge is 2.43. The molecule has 1 atom stereocenters. The second-order valence-corrected chi connectivity index (χ2v) is 4.76. The number of nitrogens with zero attached hydrogens (tertiary/aromatic N) is 1. The molecule has 0 unspecified atom stereocenters. The van der Waals surface area contributed by atoms with Gasteiger partial charge in [0, 0.05) is 25.2 Å². The molecule has 4 heteroatoms. The zero-order valence-electron chi connectivity index (χ0n) is 9.22. The van der Waals surface area contributed by atoms with Gasteiger partial charge in [-0.1, -0.05) is 6.92 Å². The maximum Gasteiger partial charge on any atom is 0.263 e. The number of hydrogen-bond donors (Lipinski definition) is 0. The summed E-state index contributed by atoms with van der Waals surface area (Å²) in [5, 5.41) is 0. The van der Waals surface area contributed by atoms with E-state index in [0.717, 1.165) is 32.6 Å². The van der Waals surface area contributed by atoms with Crippen molar-refractivity contribution in [1.29, 1.82) is 0 Å². The van der Waals surface area contributed by atoms with Crippen molar-refractivity contribution in [3.05, 3.63) is 0 Å². The van der Waals surface area contributed by atoms with E-state index in [-0.39, 0.29) is 6.54 Å². The van der Waals surface area contributed by atoms with Crippen molar-refractivity contribution in [2.75, 3.05) is 26.3 Å². The molecule has 0 aromatic rings. The van der Waals surface area contributed by atoms with Gasteiger partial charge in [0.05, 0.1) is 6.54 Å². The summed E-state index contributed by atoms with van der Waals surface area (Å²) in [5.74, 6) is -2.97. The van der Waals surface area contributed by atoms with Gasteiger partial charge in [0.15, 0.2) is 0 Å². The molecule has 88 valence electrons. The molecule has 0 radical (unpaired) electrons. The number of ether oxygens (including phenoxy) is 1. The highest BCUT2D eigenvalue weighted by atomic mass is 19.3. The Morgan fingerprint density at radius 2 is 1.87 bits per heavy atom. The zero-order valence-corrected chi connectivity index (χ0v) is 9.22. The maximum absolute atomic E-state index is 13.5. The summed E-state index contributed by atoms with van der Waals surface area (Å²) in [6, 6.07) is 0.317. The Kier molecular flexibility index (Phi) is 3.26. The van der Waals surface area contributed by atoms with E-state index in [2.05, 4.69) is 0 Å². The summed E-state index contributed by atoms with van der Waals surface area (Å²) in [6.45, 7) is 3.87. The molecule has 0 bridgehead atoms. The van der Waals surface area contributed by atoms with E-state index < -0.39 is 11.8 Å². The number of alkyl halides is 2. The topological polar surface area (TPSA) is 12.5 Å². The summed E-state index contributed by atoms with van der Waals surface area (Å²) in [7, 11) is 0. The molecule has 0 aromatic heterocycles. The summed E-state index contributed by atoms with van der Waals surface area (Å²) >= 11 is 0. The highest BCUT2D eigenvalue weighted by Crippen LogP contribution is 2.34. The molecule has 2 saturated heterocycles. The first-order chi connectivity index (χ1) is 7.09. The van der Waals surface area contributed by atoms with E-state index in [1.165, 1.54) is 0 Å². The molecule has 0 N–H and O–H groups in total. The van der Waals surface area contributed by atoms with E-state index in [4.69, 9.17) is 4.74 Å². The Labute approximate surface area is 89.6 Å². The molecule has 15 heavy (non-hydrogen) atoms. The van der Waals surface area contributed by atoms with Crippen LogP contribution in [0.4, 0.5) is 8.78 Å². The first-order valence-electron chi connectivity index (χ1n) is 5.79. The standard InChI is InChI=1S/C11H19F2NO/c1-9-2-5-14(8-11(9,12)13)10-3-6-15-7-4-10/h9-10H,2-8H2,1H3/t9-/m1/s1. The monoisotopic (exact) mass is 219 g/mol. The van der Waals surface area contributed by atoms with Crippen LogP contribution in [0.5, 0.6) is 0 Å². The molecule has 2 heterocycles. The van der Waals surface area contributed by atoms with Crippen LogP contribution < -0.4 is 0 Å². The van der Waals surface area contributed by atoms with E-state index in [1.807, 2.05) is 4.90 Å². The fraction of sp³-hybridized carbons (Fsp3) is 1.00. The lowest BCUT2D eigenvalue weighted by Crippen LogP contribution is -2.52. The molecule has 0 aromatic carbocycles. The molecular weight excluding hydrogens is 200 g/mol. The molecular formula is C11H19F2NO. The van der Waals surface area contributed by atoms with Crippen LogP contribution in [0.2, 0.25) is 0 Å². The minimum atomic E-state index is -2.50. The minimum Gasteiger partial charge on any atom is -0.381 e. The Hall–Kier alpha value is -0.220. The average molecular weight is 219 g/mol. The van der Waals surface area contributed by atoms with E-state index in [9.17, 15) is 8.78 Å². The SMILES string of the molecule is C[C@@H]1CCN(C2CCOCC2)CC1(F)F. The molecule has 0 spiro atoms. The van der Waals surface area contributed by atoms with Gasteiger partial charge in [0.25, 0.3) is 5.92 Å². The van der Waals surface area contributed by atoms with Crippen LogP contribution in [-0.2, 0) is 4.74 Å². The van der Waals surface area contributed by atoms with Crippen molar-refractivity contribution in [2.24, 2.45) is 5.92 Å². The van der Waals surface area contributed by atoms with Crippen LogP contribution in [0, 0.1) is 5.92 Å². The molecule has 2 aliphatic rings. The Morgan fingerprint density at radius 3 is 2.47 bits per heavy atom. The fourth-order valence-corrected chi connectivity index (χ4v) is 2.44. The first-order valence-corrected chi connectivity index (χ1v) is 5.79. The van der Waals surface area contributed by atoms with Gasteiger partial charge < -0.3 is 4.74 Å². The van der Waals surface area contributed by atoms with Gasteiger partial charge in [0.1, 0.15) is 0 Å². The van der Waals surface area contributed by atoms with Crippen LogP contribution in [0.15, 0.2) is 0 Å². The van der Waals surface area contributed by atoms with Crippen LogP contribution in [0.25, 0.3) is 0 Å². The quantitative estimate of drug-likeness (QED) is 0.670. The van der Waals surface area contributed by atoms with Crippen molar-refractivity contribution in [3.63, 3.8) is 0 Å². The van der Waals surface area contributed by atoms with E-state index in [1.54, 1.807) is 6.92 Å². The van der Waals surface area contributed by atoms with Crippen LogP contribution in [0.1, 0.15) is 26.2 Å². The molecule has 2 rings (SSSR count). The third-order valence-electron chi connectivity index (χ3n) is 3.69. The Morgan fingerprint density at radius 1 is 1.20 bits per heavy atom. The van der Waals surface area contributed by atoms with Gasteiger partial charge in [-0.15, -0.1) is 0 Å². The Bertz CT molecular complexity index is 217. The third-order valence-corrected chi connectivity index (χ3v) is 3.69. The highest BCUT2D eigenvalue weighted by molar-refractivity contribution is 4.88. The normalized spacial score (nSPS) is 34.2. The third kappa shape index (κ3) is 2.48. The second-order valence-electron chi connectivity index (χ2n) is 4.76. The first kappa shape index (κ1) is 11.3. The largest absolute Gasteiger partial charge is 0.381 e. The van der Waals surface area contributed by atoms with Crippen molar-refractivity contribution in [2.45, 2.75) is 38.2 Å². The van der Waals surface area contributed by atoms with Gasteiger partial charge in [-0.2, -0.15) is 0 Å². The number of piperidine rings is 1. The lowest BCUT2D eigenvalue weighted by molar-refractivity contribution is -0.121. The van der Waals surface area contributed by atoms with E-state index >= 15 is 0 Å². The zero-order chi connectivity index (χ0) is 10.9. The number of halogens is 2. The number of likely N-dealkylation sites (tertiary alicyclic amines) is 1. The molecule has 2 nitrogen and oxygen atoms in total. The summed E-state index contributed by atoms with van der Waals surface area (Å²) in [6.07, 6.45) is 2.43. The number of hydrogen-bond acceptors (Lipinski definition) is 2. The van der Waals surface area contributed by atoms with Crippen molar-refractivity contribution >= 4 is 0 Å². The van der Waals surface area contributed by atoms with Crippen LogP contribution in [0.3, 0.4) is 0 Å². The second kappa shape index (κ2) is 4.34. The fourth-order valence-electron chi connectivity index (χ4n) is 2.44. The maximum atomic E-state index is 13.5. The average Bonchev–Trinajstić information content (AvgIpc) is 2.23. The van der Waals surface area contributed by atoms with Gasteiger partial charge in [-0.05, 0) is 25.8 Å².